The predicted octanol–water partition coefficient (Wildman–Crippen LogP) is 5.22. The number of rotatable bonds is 12. The molecule has 0 bridgehead atoms. The van der Waals surface area contributed by atoms with Crippen LogP contribution in [0.4, 0.5) is 0 Å². The minimum Gasteiger partial charge on any atom is -0.396 e. The Morgan fingerprint density at radius 2 is 1.00 bits per heavy atom. The van der Waals surface area contributed by atoms with E-state index >= 15 is 0 Å². The molecule has 0 rings (SSSR count). The Kier molecular flexibility index (Phi) is 11.4. The Morgan fingerprint density at radius 1 is 0.647 bits per heavy atom. The molecule has 0 aromatic carbocycles. The van der Waals surface area contributed by atoms with Crippen molar-refractivity contribution in [1.82, 2.24) is 0 Å². The molecular formula is C15H34OSi. The molecule has 0 aliphatic rings. The molecule has 0 spiro atoms. The molecule has 0 amide bonds. The highest BCUT2D eigenvalue weighted by Gasteiger charge is 2.29. The van der Waals surface area contributed by atoms with Crippen LogP contribution >= 0.6 is 0 Å². The van der Waals surface area contributed by atoms with E-state index in [0.717, 1.165) is 6.42 Å². The van der Waals surface area contributed by atoms with Crippen LogP contribution < -0.4 is 0 Å². The predicted molar refractivity (Wildman–Crippen MR) is 81.4 cm³/mol. The maximum Gasteiger partial charge on any atom is 0.0536 e. The van der Waals surface area contributed by atoms with Gasteiger partial charge in [0.2, 0.25) is 0 Å². The monoisotopic (exact) mass is 258 g/mol. The van der Waals surface area contributed by atoms with Crippen molar-refractivity contribution in [3.05, 3.63) is 0 Å². The van der Waals surface area contributed by atoms with E-state index in [1.54, 1.807) is 0 Å². The van der Waals surface area contributed by atoms with Crippen LogP contribution in [0.3, 0.4) is 0 Å². The lowest BCUT2D eigenvalue weighted by Crippen LogP contribution is -2.34. The number of unbranched alkanes of at least 4 members (excludes halogenated alkanes) is 3. The normalized spacial score (nSPS) is 12.0. The minimum atomic E-state index is -1.04. The Morgan fingerprint density at radius 3 is 1.29 bits per heavy atom. The van der Waals surface area contributed by atoms with Crippen LogP contribution in [0.25, 0.3) is 0 Å². The molecule has 17 heavy (non-hydrogen) atoms. The highest BCUT2D eigenvalue weighted by Crippen LogP contribution is 2.33. The zero-order valence-electron chi connectivity index (χ0n) is 12.4. The maximum atomic E-state index is 9.13. The molecule has 1 nitrogen and oxygen atoms in total. The third kappa shape index (κ3) is 7.99. The van der Waals surface area contributed by atoms with Crippen molar-refractivity contribution in [3.63, 3.8) is 0 Å². The fourth-order valence-electron chi connectivity index (χ4n) is 2.86. The lowest BCUT2D eigenvalue weighted by atomic mass is 10.4. The Hall–Kier alpha value is 0.177. The standard InChI is InChI=1S/C15H34OSi/c1-4-7-12-17(13-8-5-2,14-9-6-3)15-10-11-16/h16H,4-15H2,1-3H3. The molecule has 0 aromatic rings. The number of hydrogen-bond acceptors (Lipinski definition) is 1. The van der Waals surface area contributed by atoms with Gasteiger partial charge in [-0.25, -0.2) is 0 Å². The van der Waals surface area contributed by atoms with Crippen LogP contribution in [0.5, 0.6) is 0 Å². The molecule has 0 atom stereocenters. The summed E-state index contributed by atoms with van der Waals surface area (Å²) in [6, 6.07) is 5.93. The fraction of sp³-hybridized carbons (Fsp3) is 1.00. The van der Waals surface area contributed by atoms with Gasteiger partial charge in [-0.05, 0) is 6.42 Å². The van der Waals surface area contributed by atoms with Crippen molar-refractivity contribution in [2.75, 3.05) is 6.61 Å². The van der Waals surface area contributed by atoms with Gasteiger partial charge >= 0.3 is 0 Å². The van der Waals surface area contributed by atoms with Crippen LogP contribution in [-0.4, -0.2) is 19.8 Å². The second kappa shape index (κ2) is 11.3. The lowest BCUT2D eigenvalue weighted by Gasteiger charge is -2.32. The molecule has 0 fully saturated rings. The molecule has 0 aliphatic carbocycles. The minimum absolute atomic E-state index is 0.402. The van der Waals surface area contributed by atoms with Gasteiger partial charge in [-0.15, -0.1) is 0 Å². The summed E-state index contributed by atoms with van der Waals surface area (Å²) in [5, 5.41) is 9.13. The quantitative estimate of drug-likeness (QED) is 0.476. The number of hydrogen-bond donors (Lipinski definition) is 1. The van der Waals surface area contributed by atoms with Gasteiger partial charge in [0.25, 0.3) is 0 Å². The molecule has 0 aromatic heterocycles. The molecular weight excluding hydrogens is 224 g/mol. The molecule has 104 valence electrons. The van der Waals surface area contributed by atoms with Crippen LogP contribution in [-0.2, 0) is 0 Å². The Bertz CT molecular complexity index is 121. The summed E-state index contributed by atoms with van der Waals surface area (Å²) in [7, 11) is -1.04. The second-order valence-electron chi connectivity index (χ2n) is 5.64. The first-order chi connectivity index (χ1) is 8.24. The average molecular weight is 259 g/mol. The summed E-state index contributed by atoms with van der Waals surface area (Å²) in [4.78, 5) is 0. The second-order valence-corrected chi connectivity index (χ2v) is 10.6. The molecule has 0 aliphatic heterocycles. The van der Waals surface area contributed by atoms with E-state index in [2.05, 4.69) is 20.8 Å². The zero-order valence-corrected chi connectivity index (χ0v) is 13.4. The van der Waals surface area contributed by atoms with Crippen molar-refractivity contribution < 1.29 is 5.11 Å². The summed E-state index contributed by atoms with van der Waals surface area (Å²) in [6.07, 6.45) is 9.34. The molecule has 0 heterocycles. The van der Waals surface area contributed by atoms with Gasteiger partial charge in [-0.1, -0.05) is 83.5 Å². The van der Waals surface area contributed by atoms with Crippen molar-refractivity contribution >= 4 is 8.07 Å². The van der Waals surface area contributed by atoms with Crippen LogP contribution in [0.1, 0.15) is 65.7 Å². The van der Waals surface area contributed by atoms with Gasteiger partial charge < -0.3 is 5.11 Å². The van der Waals surface area contributed by atoms with Crippen LogP contribution in [0.15, 0.2) is 0 Å². The van der Waals surface area contributed by atoms with Gasteiger partial charge in [-0.3, -0.25) is 0 Å². The lowest BCUT2D eigenvalue weighted by molar-refractivity contribution is 0.294. The highest BCUT2D eigenvalue weighted by molar-refractivity contribution is 6.79. The van der Waals surface area contributed by atoms with Gasteiger partial charge in [0.15, 0.2) is 0 Å². The Labute approximate surface area is 110 Å². The van der Waals surface area contributed by atoms with Crippen LogP contribution in [0.2, 0.25) is 24.2 Å². The van der Waals surface area contributed by atoms with Gasteiger partial charge in [0.05, 0.1) is 8.07 Å². The summed E-state index contributed by atoms with van der Waals surface area (Å²) < 4.78 is 0. The van der Waals surface area contributed by atoms with Gasteiger partial charge in [-0.2, -0.15) is 0 Å². The first-order valence-corrected chi connectivity index (χ1v) is 10.7. The molecule has 0 saturated carbocycles. The van der Waals surface area contributed by atoms with Crippen molar-refractivity contribution in [1.29, 1.82) is 0 Å². The molecule has 1 N–H and O–H groups in total. The first kappa shape index (κ1) is 17.2. The zero-order chi connectivity index (χ0) is 13.0. The van der Waals surface area contributed by atoms with E-state index in [1.807, 2.05) is 0 Å². The summed E-state index contributed by atoms with van der Waals surface area (Å²) in [5.74, 6) is 0. The summed E-state index contributed by atoms with van der Waals surface area (Å²) in [5.41, 5.74) is 0. The highest BCUT2D eigenvalue weighted by atomic mass is 28.3. The van der Waals surface area contributed by atoms with Crippen molar-refractivity contribution in [3.8, 4) is 0 Å². The van der Waals surface area contributed by atoms with E-state index in [-0.39, 0.29) is 0 Å². The molecule has 0 saturated heterocycles. The smallest absolute Gasteiger partial charge is 0.0536 e. The van der Waals surface area contributed by atoms with E-state index in [9.17, 15) is 0 Å². The average Bonchev–Trinajstić information content (AvgIpc) is 2.37. The third-order valence-electron chi connectivity index (χ3n) is 4.05. The van der Waals surface area contributed by atoms with Crippen LogP contribution in [0, 0.1) is 0 Å². The van der Waals surface area contributed by atoms with E-state index in [4.69, 9.17) is 5.11 Å². The topological polar surface area (TPSA) is 20.2 Å². The third-order valence-corrected chi connectivity index (χ3v) is 9.70. The largest absolute Gasteiger partial charge is 0.396 e. The molecule has 0 unspecified atom stereocenters. The Balaban J connectivity index is 4.39. The van der Waals surface area contributed by atoms with E-state index in [1.165, 1.54) is 62.7 Å². The van der Waals surface area contributed by atoms with Crippen molar-refractivity contribution in [2.45, 2.75) is 89.9 Å². The van der Waals surface area contributed by atoms with Gasteiger partial charge in [0.1, 0.15) is 0 Å². The number of aliphatic hydroxyl groups is 1. The molecule has 0 radical (unpaired) electrons. The first-order valence-electron chi connectivity index (χ1n) is 7.85. The van der Waals surface area contributed by atoms with Crippen molar-refractivity contribution in [2.24, 2.45) is 0 Å². The molecule has 2 heteroatoms. The van der Waals surface area contributed by atoms with E-state index < -0.39 is 8.07 Å². The van der Waals surface area contributed by atoms with E-state index in [0.29, 0.717) is 6.61 Å². The van der Waals surface area contributed by atoms with Gasteiger partial charge in [0, 0.05) is 6.61 Å². The summed E-state index contributed by atoms with van der Waals surface area (Å²) in [6.45, 7) is 7.33. The fourth-order valence-corrected chi connectivity index (χ4v) is 8.58. The number of aliphatic hydroxyl groups excluding tert-OH is 1. The summed E-state index contributed by atoms with van der Waals surface area (Å²) >= 11 is 0. The SMILES string of the molecule is CCCC[Si](CCCC)(CCCC)CCCO. The maximum absolute atomic E-state index is 9.13.